The summed E-state index contributed by atoms with van der Waals surface area (Å²) in [5.41, 5.74) is 0.500. The van der Waals surface area contributed by atoms with Crippen molar-refractivity contribution in [2.45, 2.75) is 83.7 Å². The van der Waals surface area contributed by atoms with Crippen molar-refractivity contribution in [3.05, 3.63) is 52.1 Å². The molecule has 200 valence electrons. The molecule has 37 heavy (non-hydrogen) atoms. The number of non-ortho nitro benzene ring substituents is 1. The van der Waals surface area contributed by atoms with E-state index < -0.39 is 16.7 Å². The molecule has 2 aliphatic heterocycles. The van der Waals surface area contributed by atoms with Gasteiger partial charge in [0.25, 0.3) is 5.69 Å². The molecule has 0 amide bonds. The number of hydrogen-bond acceptors (Lipinski definition) is 6. The van der Waals surface area contributed by atoms with Crippen LogP contribution in [0.2, 0.25) is 0 Å². The van der Waals surface area contributed by atoms with Crippen LogP contribution in [0.1, 0.15) is 76.1 Å². The van der Waals surface area contributed by atoms with Gasteiger partial charge in [-0.3, -0.25) is 10.1 Å². The van der Waals surface area contributed by atoms with Gasteiger partial charge in [-0.05, 0) is 79.7 Å². The van der Waals surface area contributed by atoms with Crippen molar-refractivity contribution in [2.24, 2.45) is 40.9 Å². The Labute approximate surface area is 219 Å². The highest BCUT2D eigenvalue weighted by molar-refractivity contribution is 5.89. The molecule has 2 saturated carbocycles. The highest BCUT2D eigenvalue weighted by Crippen LogP contribution is 2.62. The van der Waals surface area contributed by atoms with E-state index in [9.17, 15) is 14.9 Å². The van der Waals surface area contributed by atoms with Crippen LogP contribution in [-0.4, -0.2) is 35.5 Å². The molecule has 4 fully saturated rings. The molecule has 3 aliphatic carbocycles. The maximum absolute atomic E-state index is 12.7. The highest BCUT2D eigenvalue weighted by Gasteiger charge is 2.61. The maximum atomic E-state index is 12.7. The Hall–Kier alpha value is -2.25. The second-order valence-electron chi connectivity index (χ2n) is 12.7. The number of esters is 1. The molecule has 5 aliphatic rings. The minimum absolute atomic E-state index is 0.0298. The third-order valence-corrected chi connectivity index (χ3v) is 10.7. The fourth-order valence-corrected chi connectivity index (χ4v) is 8.35. The number of allylic oxidation sites excluding steroid dienone is 1. The summed E-state index contributed by atoms with van der Waals surface area (Å²) >= 11 is 0. The van der Waals surface area contributed by atoms with Gasteiger partial charge in [0.05, 0.1) is 23.2 Å². The van der Waals surface area contributed by atoms with Crippen LogP contribution in [-0.2, 0) is 14.2 Å². The maximum Gasteiger partial charge on any atom is 0.338 e. The van der Waals surface area contributed by atoms with Crippen molar-refractivity contribution in [3.63, 3.8) is 0 Å². The van der Waals surface area contributed by atoms with E-state index in [0.717, 1.165) is 32.3 Å². The van der Waals surface area contributed by atoms with Gasteiger partial charge in [0.1, 0.15) is 6.10 Å². The summed E-state index contributed by atoms with van der Waals surface area (Å²) in [6.45, 7) is 7.86. The van der Waals surface area contributed by atoms with Gasteiger partial charge in [-0.1, -0.05) is 32.9 Å². The fourth-order valence-electron chi connectivity index (χ4n) is 8.35. The molecule has 1 aromatic rings. The average Bonchev–Trinajstić information content (AvgIpc) is 3.17. The van der Waals surface area contributed by atoms with Crippen molar-refractivity contribution < 1.29 is 23.9 Å². The number of nitro groups is 1. The van der Waals surface area contributed by atoms with E-state index in [2.05, 4.69) is 32.9 Å². The van der Waals surface area contributed by atoms with E-state index >= 15 is 0 Å². The topological polar surface area (TPSA) is 87.9 Å². The van der Waals surface area contributed by atoms with E-state index in [1.54, 1.807) is 0 Å². The van der Waals surface area contributed by atoms with Gasteiger partial charge in [0.15, 0.2) is 5.79 Å². The number of carbonyl (C=O) groups excluding carboxylic acids is 1. The van der Waals surface area contributed by atoms with Gasteiger partial charge in [0, 0.05) is 30.4 Å². The van der Waals surface area contributed by atoms with Crippen LogP contribution in [0.4, 0.5) is 5.69 Å². The number of benzene rings is 1. The molecule has 0 bridgehead atoms. The lowest BCUT2D eigenvalue weighted by Gasteiger charge is -2.55. The van der Waals surface area contributed by atoms with Crippen LogP contribution >= 0.6 is 0 Å². The Morgan fingerprint density at radius 3 is 2.57 bits per heavy atom. The molecule has 10 atom stereocenters. The molecule has 7 heteroatoms. The Morgan fingerprint density at radius 1 is 1.08 bits per heavy atom. The smallest absolute Gasteiger partial charge is 0.338 e. The minimum atomic E-state index is -0.465. The third kappa shape index (κ3) is 4.13. The Balaban J connectivity index is 1.14. The Morgan fingerprint density at radius 2 is 1.86 bits per heavy atom. The van der Waals surface area contributed by atoms with E-state index in [0.29, 0.717) is 41.1 Å². The SMILES string of the molecule is C[C@@H]1CC[C@@]2(OC1)O[C@H]1[C@H]3C=C[C@H]4C[C@@H](OC(=O)c5ccc([N+](=O)[O-])cc5)CC[C@]4(C)[C@@H]3CC[C@@H]1[C@@H]2C. The quantitative estimate of drug-likeness (QED) is 0.205. The largest absolute Gasteiger partial charge is 0.459 e. The molecule has 0 unspecified atom stereocenters. The summed E-state index contributed by atoms with van der Waals surface area (Å²) in [6, 6.07) is 5.65. The fraction of sp³-hybridized carbons (Fsp3) is 0.700. The lowest BCUT2D eigenvalue weighted by molar-refractivity contribution is -0.384. The zero-order valence-electron chi connectivity index (χ0n) is 22.1. The first-order valence-electron chi connectivity index (χ1n) is 14.2. The van der Waals surface area contributed by atoms with Crippen LogP contribution in [0.3, 0.4) is 0 Å². The molecule has 2 saturated heterocycles. The molecule has 1 spiro atoms. The Bertz CT molecular complexity index is 1080. The predicted molar refractivity (Wildman–Crippen MR) is 138 cm³/mol. The van der Waals surface area contributed by atoms with Crippen LogP contribution in [0.15, 0.2) is 36.4 Å². The molecular weight excluding hydrogens is 470 g/mol. The summed E-state index contributed by atoms with van der Waals surface area (Å²) in [4.78, 5) is 23.2. The molecule has 2 heterocycles. The standard InChI is InChI=1S/C30H39NO6/c1-18-12-15-30(35-17-18)19(2)24-10-11-26-25(27(24)37-30)9-6-21-16-23(13-14-29(21,26)3)36-28(32)20-4-7-22(8-5-20)31(33)34/h4-9,18-19,21,23-27H,10-17H2,1-3H3/t18-,19+,21+,23+,24-,25+,26-,27-,29+,30-/m1/s1. The normalized spacial score (nSPS) is 44.5. The number of nitrogens with zero attached hydrogens (tertiary/aromatic N) is 1. The van der Waals surface area contributed by atoms with Gasteiger partial charge < -0.3 is 14.2 Å². The third-order valence-electron chi connectivity index (χ3n) is 10.7. The number of carbonyl (C=O) groups is 1. The van der Waals surface area contributed by atoms with Crippen LogP contribution in [0, 0.1) is 51.0 Å². The first kappa shape index (κ1) is 25.1. The zero-order chi connectivity index (χ0) is 25.9. The van der Waals surface area contributed by atoms with E-state index in [1.165, 1.54) is 43.5 Å². The van der Waals surface area contributed by atoms with Gasteiger partial charge in [-0.2, -0.15) is 0 Å². The summed E-state index contributed by atoms with van der Waals surface area (Å²) in [5, 5.41) is 10.9. The molecule has 0 radical (unpaired) electrons. The van der Waals surface area contributed by atoms with Gasteiger partial charge in [-0.15, -0.1) is 0 Å². The summed E-state index contributed by atoms with van der Waals surface area (Å²) < 4.78 is 19.2. The highest BCUT2D eigenvalue weighted by atomic mass is 16.7. The van der Waals surface area contributed by atoms with Crippen molar-refractivity contribution in [1.29, 1.82) is 0 Å². The second-order valence-corrected chi connectivity index (χ2v) is 12.7. The second kappa shape index (κ2) is 9.19. The minimum Gasteiger partial charge on any atom is -0.459 e. The van der Waals surface area contributed by atoms with Gasteiger partial charge in [-0.25, -0.2) is 4.79 Å². The summed E-state index contributed by atoms with van der Waals surface area (Å²) in [6.07, 6.45) is 12.2. The number of ether oxygens (including phenoxy) is 3. The van der Waals surface area contributed by atoms with Gasteiger partial charge in [0.2, 0.25) is 0 Å². The summed E-state index contributed by atoms with van der Waals surface area (Å²) in [7, 11) is 0. The van der Waals surface area contributed by atoms with Crippen molar-refractivity contribution >= 4 is 11.7 Å². The molecular formula is C30H39NO6. The van der Waals surface area contributed by atoms with Crippen LogP contribution < -0.4 is 0 Å². The van der Waals surface area contributed by atoms with Crippen LogP contribution in [0.25, 0.3) is 0 Å². The first-order chi connectivity index (χ1) is 17.7. The van der Waals surface area contributed by atoms with Crippen LogP contribution in [0.5, 0.6) is 0 Å². The molecule has 7 nitrogen and oxygen atoms in total. The van der Waals surface area contributed by atoms with Crippen molar-refractivity contribution in [3.8, 4) is 0 Å². The molecule has 0 aromatic heterocycles. The van der Waals surface area contributed by atoms with E-state index in [-0.39, 0.29) is 23.3 Å². The summed E-state index contributed by atoms with van der Waals surface area (Å²) in [5.74, 6) is 2.15. The molecule has 1 aromatic carbocycles. The first-order valence-corrected chi connectivity index (χ1v) is 14.2. The lowest BCUT2D eigenvalue weighted by atomic mass is 9.50. The molecule has 0 N–H and O–H groups in total. The number of nitro benzene ring substituents is 1. The number of rotatable bonds is 3. The van der Waals surface area contributed by atoms with Crippen molar-refractivity contribution in [1.82, 2.24) is 0 Å². The van der Waals surface area contributed by atoms with E-state index in [1.807, 2.05) is 0 Å². The molecule has 6 rings (SSSR count). The van der Waals surface area contributed by atoms with Crippen molar-refractivity contribution in [2.75, 3.05) is 6.61 Å². The lowest BCUT2D eigenvalue weighted by Crippen LogP contribution is -2.52. The predicted octanol–water partition coefficient (Wildman–Crippen LogP) is 6.32. The zero-order valence-corrected chi connectivity index (χ0v) is 22.1. The monoisotopic (exact) mass is 509 g/mol. The Kier molecular flexibility index (Phi) is 6.22. The van der Waals surface area contributed by atoms with Gasteiger partial charge >= 0.3 is 5.97 Å². The van der Waals surface area contributed by atoms with E-state index in [4.69, 9.17) is 14.2 Å². The number of fused-ring (bicyclic) bond motifs is 5. The number of hydrogen-bond donors (Lipinski definition) is 0. The average molecular weight is 510 g/mol.